The maximum absolute atomic E-state index is 12.2. The van der Waals surface area contributed by atoms with Gasteiger partial charge >= 0.3 is 0 Å². The second-order valence-corrected chi connectivity index (χ2v) is 9.17. The standard InChI is InChI=1S/C26H28N8O/c1-33(2)26(35)17-6-8-22(9-7-17)34-16-21(15-30-34)20-13-28-25(29-14-20)19-5-3-4-18(12-19)23-10-11-24(27)32-31-23/h3-5,10-17,22H,6-9H2,1-2H3,(H2,27,32)/t17-,22-. The van der Waals surface area contributed by atoms with Crippen molar-refractivity contribution in [2.45, 2.75) is 31.7 Å². The minimum absolute atomic E-state index is 0.128. The Morgan fingerprint density at radius 2 is 1.66 bits per heavy atom. The molecule has 2 N–H and O–H groups in total. The molecule has 5 rings (SSSR count). The number of carbonyl (C=O) groups excluding carboxylic acids is 1. The van der Waals surface area contributed by atoms with Gasteiger partial charge in [0.25, 0.3) is 0 Å². The number of nitrogens with two attached hydrogens (primary N) is 1. The summed E-state index contributed by atoms with van der Waals surface area (Å²) in [4.78, 5) is 23.1. The first-order valence-electron chi connectivity index (χ1n) is 11.8. The van der Waals surface area contributed by atoms with Crippen LogP contribution in [0.1, 0.15) is 31.7 Å². The normalized spacial score (nSPS) is 17.8. The van der Waals surface area contributed by atoms with Gasteiger partial charge in [-0.3, -0.25) is 9.48 Å². The smallest absolute Gasteiger partial charge is 0.225 e. The fourth-order valence-corrected chi connectivity index (χ4v) is 4.58. The lowest BCUT2D eigenvalue weighted by Crippen LogP contribution is -2.32. The van der Waals surface area contributed by atoms with E-state index in [4.69, 9.17) is 5.73 Å². The van der Waals surface area contributed by atoms with Crippen LogP contribution in [0.3, 0.4) is 0 Å². The summed E-state index contributed by atoms with van der Waals surface area (Å²) >= 11 is 0. The molecule has 3 aromatic heterocycles. The molecule has 1 saturated carbocycles. The minimum atomic E-state index is 0.128. The van der Waals surface area contributed by atoms with Crippen LogP contribution in [0.2, 0.25) is 0 Å². The Kier molecular flexibility index (Phi) is 6.22. The van der Waals surface area contributed by atoms with Crippen molar-refractivity contribution in [2.24, 2.45) is 5.92 Å². The van der Waals surface area contributed by atoms with Crippen molar-refractivity contribution in [3.63, 3.8) is 0 Å². The molecule has 1 aromatic carbocycles. The molecule has 0 radical (unpaired) electrons. The van der Waals surface area contributed by atoms with Gasteiger partial charge in [-0.2, -0.15) is 5.10 Å². The first-order valence-corrected chi connectivity index (χ1v) is 11.8. The van der Waals surface area contributed by atoms with Gasteiger partial charge in [0.1, 0.15) is 5.82 Å². The fraction of sp³-hybridized carbons (Fsp3) is 0.308. The molecule has 0 bridgehead atoms. The number of anilines is 1. The zero-order chi connectivity index (χ0) is 24.4. The lowest BCUT2D eigenvalue weighted by molar-refractivity contribution is -0.134. The van der Waals surface area contributed by atoms with Crippen molar-refractivity contribution < 1.29 is 4.79 Å². The Hall–Kier alpha value is -4.14. The van der Waals surface area contributed by atoms with Gasteiger partial charge < -0.3 is 10.6 Å². The topological polar surface area (TPSA) is 116 Å². The van der Waals surface area contributed by atoms with Crippen LogP contribution >= 0.6 is 0 Å². The van der Waals surface area contributed by atoms with Crippen LogP contribution in [-0.2, 0) is 4.79 Å². The molecular weight excluding hydrogens is 440 g/mol. The van der Waals surface area contributed by atoms with Crippen LogP contribution in [0, 0.1) is 5.92 Å². The second kappa shape index (κ2) is 9.61. The van der Waals surface area contributed by atoms with Crippen LogP contribution in [0.25, 0.3) is 33.8 Å². The number of carbonyl (C=O) groups is 1. The number of hydrogen-bond donors (Lipinski definition) is 1. The van der Waals surface area contributed by atoms with E-state index >= 15 is 0 Å². The van der Waals surface area contributed by atoms with Gasteiger partial charge in [0, 0.05) is 60.9 Å². The van der Waals surface area contributed by atoms with Gasteiger partial charge in [-0.15, -0.1) is 10.2 Å². The number of amides is 1. The number of nitrogens with zero attached hydrogens (tertiary/aromatic N) is 7. The molecule has 1 amide bonds. The third-order valence-corrected chi connectivity index (χ3v) is 6.55. The number of hydrogen-bond acceptors (Lipinski definition) is 7. The maximum atomic E-state index is 12.2. The summed E-state index contributed by atoms with van der Waals surface area (Å²) in [6.07, 6.45) is 11.3. The van der Waals surface area contributed by atoms with E-state index in [-0.39, 0.29) is 11.8 Å². The molecular formula is C26H28N8O. The average Bonchev–Trinajstić information content (AvgIpc) is 3.39. The highest BCUT2D eigenvalue weighted by molar-refractivity contribution is 5.78. The first-order chi connectivity index (χ1) is 17.0. The third-order valence-electron chi connectivity index (χ3n) is 6.55. The first kappa shape index (κ1) is 22.6. The molecule has 0 atom stereocenters. The largest absolute Gasteiger partial charge is 0.382 e. The van der Waals surface area contributed by atoms with Crippen molar-refractivity contribution in [3.05, 3.63) is 61.2 Å². The van der Waals surface area contributed by atoms with Crippen LogP contribution < -0.4 is 5.73 Å². The molecule has 35 heavy (non-hydrogen) atoms. The fourth-order valence-electron chi connectivity index (χ4n) is 4.58. The van der Waals surface area contributed by atoms with E-state index in [0.29, 0.717) is 17.7 Å². The summed E-state index contributed by atoms with van der Waals surface area (Å²) in [5.41, 5.74) is 10.1. The number of nitrogen functional groups attached to an aromatic ring is 1. The molecule has 1 aliphatic rings. The van der Waals surface area contributed by atoms with Crippen LogP contribution in [0.4, 0.5) is 5.82 Å². The number of aromatic nitrogens is 6. The Morgan fingerprint density at radius 1 is 0.914 bits per heavy atom. The zero-order valence-electron chi connectivity index (χ0n) is 19.9. The molecule has 9 heteroatoms. The summed E-state index contributed by atoms with van der Waals surface area (Å²) in [5.74, 6) is 1.38. The van der Waals surface area contributed by atoms with Gasteiger partial charge in [0.05, 0.1) is 17.9 Å². The molecule has 0 aliphatic heterocycles. The molecule has 4 aromatic rings. The number of rotatable bonds is 5. The Labute approximate surface area is 204 Å². The van der Waals surface area contributed by atoms with Crippen molar-refractivity contribution in [3.8, 4) is 33.8 Å². The van der Waals surface area contributed by atoms with Crippen molar-refractivity contribution in [1.82, 2.24) is 34.8 Å². The average molecular weight is 469 g/mol. The summed E-state index contributed by atoms with van der Waals surface area (Å²) in [6.45, 7) is 0. The van der Waals surface area contributed by atoms with Crippen LogP contribution in [-0.4, -0.2) is 54.8 Å². The number of benzene rings is 1. The highest BCUT2D eigenvalue weighted by Gasteiger charge is 2.28. The van der Waals surface area contributed by atoms with Gasteiger partial charge in [-0.25, -0.2) is 9.97 Å². The predicted octanol–water partition coefficient (Wildman–Crippen LogP) is 3.87. The summed E-state index contributed by atoms with van der Waals surface area (Å²) in [7, 11) is 3.65. The van der Waals surface area contributed by atoms with Crippen molar-refractivity contribution in [2.75, 3.05) is 19.8 Å². The van der Waals surface area contributed by atoms with Crippen LogP contribution in [0.15, 0.2) is 61.2 Å². The van der Waals surface area contributed by atoms with Crippen molar-refractivity contribution >= 4 is 11.7 Å². The lowest BCUT2D eigenvalue weighted by Gasteiger charge is -2.29. The lowest BCUT2D eigenvalue weighted by atomic mass is 9.85. The van der Waals surface area contributed by atoms with Gasteiger partial charge in [-0.05, 0) is 43.9 Å². The van der Waals surface area contributed by atoms with Gasteiger partial charge in [0.15, 0.2) is 5.82 Å². The van der Waals surface area contributed by atoms with E-state index in [1.165, 1.54) is 0 Å². The molecule has 0 unspecified atom stereocenters. The van der Waals surface area contributed by atoms with Gasteiger partial charge in [-0.1, -0.05) is 18.2 Å². The summed E-state index contributed by atoms with van der Waals surface area (Å²) in [6, 6.07) is 11.8. The third kappa shape index (κ3) is 4.89. The molecule has 0 spiro atoms. The molecule has 1 aliphatic carbocycles. The maximum Gasteiger partial charge on any atom is 0.225 e. The van der Waals surface area contributed by atoms with Gasteiger partial charge in [0.2, 0.25) is 5.91 Å². The SMILES string of the molecule is CN(C)C(=O)[C@H]1CC[C@H](n2cc(-c3cnc(-c4cccc(-c5ccc(N)nn5)c4)nc3)cn2)CC1. The summed E-state index contributed by atoms with van der Waals surface area (Å²) < 4.78 is 2.02. The molecule has 3 heterocycles. The van der Waals surface area contributed by atoms with E-state index < -0.39 is 0 Å². The quantitative estimate of drug-likeness (QED) is 0.473. The Morgan fingerprint density at radius 3 is 2.34 bits per heavy atom. The Balaban J connectivity index is 1.28. The van der Waals surface area contributed by atoms with Crippen LogP contribution in [0.5, 0.6) is 0 Å². The van der Waals surface area contributed by atoms with E-state index in [0.717, 1.165) is 53.6 Å². The molecule has 9 nitrogen and oxygen atoms in total. The molecule has 178 valence electrons. The van der Waals surface area contributed by atoms with E-state index in [1.807, 2.05) is 67.7 Å². The monoisotopic (exact) mass is 468 g/mol. The highest BCUT2D eigenvalue weighted by Crippen LogP contribution is 2.33. The highest BCUT2D eigenvalue weighted by atomic mass is 16.2. The minimum Gasteiger partial charge on any atom is -0.382 e. The van der Waals surface area contributed by atoms with E-state index in [1.54, 1.807) is 11.0 Å². The van der Waals surface area contributed by atoms with E-state index in [2.05, 4.69) is 31.5 Å². The summed E-state index contributed by atoms with van der Waals surface area (Å²) in [5, 5.41) is 12.7. The molecule has 1 fully saturated rings. The molecule has 0 saturated heterocycles. The van der Waals surface area contributed by atoms with E-state index in [9.17, 15) is 4.79 Å². The Bertz CT molecular complexity index is 1310. The predicted molar refractivity (Wildman–Crippen MR) is 134 cm³/mol. The second-order valence-electron chi connectivity index (χ2n) is 9.17. The zero-order valence-corrected chi connectivity index (χ0v) is 19.9. The van der Waals surface area contributed by atoms with Crippen molar-refractivity contribution in [1.29, 1.82) is 0 Å².